The molecule has 0 unspecified atom stereocenters. The van der Waals surface area contributed by atoms with E-state index in [1.54, 1.807) is 5.57 Å². The van der Waals surface area contributed by atoms with Crippen LogP contribution in [0.15, 0.2) is 11.3 Å². The van der Waals surface area contributed by atoms with Crippen LogP contribution < -0.4 is 0 Å². The van der Waals surface area contributed by atoms with Gasteiger partial charge in [0.1, 0.15) is 0 Å². The van der Waals surface area contributed by atoms with Crippen LogP contribution in [0.3, 0.4) is 0 Å². The van der Waals surface area contributed by atoms with Gasteiger partial charge in [0.2, 0.25) is 0 Å². The largest absolute Gasteiger partial charge is 0.393 e. The van der Waals surface area contributed by atoms with E-state index in [4.69, 9.17) is 0 Å². The summed E-state index contributed by atoms with van der Waals surface area (Å²) < 4.78 is 0. The van der Waals surface area contributed by atoms with Gasteiger partial charge in [-0.05, 0) is 25.2 Å². The minimum Gasteiger partial charge on any atom is -0.393 e. The van der Waals surface area contributed by atoms with Gasteiger partial charge in [0, 0.05) is 0 Å². The van der Waals surface area contributed by atoms with E-state index < -0.39 is 8.07 Å². The molecule has 2 heteroatoms. The van der Waals surface area contributed by atoms with Crippen molar-refractivity contribution >= 4 is 8.07 Å². The molecule has 0 spiro atoms. The second-order valence-corrected chi connectivity index (χ2v) is 10.4. The van der Waals surface area contributed by atoms with Crippen molar-refractivity contribution in [2.75, 3.05) is 0 Å². The molecule has 1 fully saturated rings. The summed E-state index contributed by atoms with van der Waals surface area (Å²) in [7, 11) is -1.05. The third-order valence-corrected chi connectivity index (χ3v) is 3.88. The minimum absolute atomic E-state index is 0.0474. The smallest absolute Gasteiger partial charge is 0.0686 e. The average Bonchev–Trinajstić information content (AvgIpc) is 1.93. The summed E-state index contributed by atoms with van der Waals surface area (Å²) in [5.41, 5.74) is 4.12. The lowest BCUT2D eigenvalue weighted by Crippen LogP contribution is -2.24. The lowest BCUT2D eigenvalue weighted by atomic mass is 9.85. The van der Waals surface area contributed by atoms with Crippen LogP contribution in [0.25, 0.3) is 0 Å². The quantitative estimate of drug-likeness (QED) is 0.642. The van der Waals surface area contributed by atoms with Crippen LogP contribution in [0, 0.1) is 5.92 Å². The fraction of sp³-hybridized carbons (Fsp3) is 0.818. The molecule has 0 bridgehead atoms. The van der Waals surface area contributed by atoms with E-state index >= 15 is 0 Å². The highest BCUT2D eigenvalue weighted by atomic mass is 28.3. The molecule has 1 N–H and O–H groups in total. The third-order valence-electron chi connectivity index (χ3n) is 2.64. The maximum absolute atomic E-state index is 9.48. The minimum atomic E-state index is -1.05. The Balaban J connectivity index is 2.66. The zero-order valence-electron chi connectivity index (χ0n) is 9.30. The molecule has 0 saturated heterocycles. The van der Waals surface area contributed by atoms with Gasteiger partial charge in [-0.2, -0.15) is 0 Å². The standard InChI is InChI=1S/C11H22OSi/c1-9-7-11(12)6-5-10(9)8-13(2,3)4/h8-9,11-12H,5-7H2,1-4H3/b10-8+/t9-,11-/m0/s1. The third kappa shape index (κ3) is 3.65. The molecule has 0 aromatic rings. The van der Waals surface area contributed by atoms with Crippen LogP contribution in [-0.4, -0.2) is 19.3 Å². The molecule has 13 heavy (non-hydrogen) atoms. The van der Waals surface area contributed by atoms with Gasteiger partial charge < -0.3 is 5.11 Å². The molecule has 0 aromatic heterocycles. The van der Waals surface area contributed by atoms with Crippen LogP contribution in [-0.2, 0) is 0 Å². The average molecular weight is 198 g/mol. The van der Waals surface area contributed by atoms with Crippen molar-refractivity contribution in [3.05, 3.63) is 11.3 Å². The topological polar surface area (TPSA) is 20.2 Å². The van der Waals surface area contributed by atoms with Crippen molar-refractivity contribution in [3.8, 4) is 0 Å². The van der Waals surface area contributed by atoms with Crippen LogP contribution in [0.5, 0.6) is 0 Å². The second kappa shape index (κ2) is 3.97. The van der Waals surface area contributed by atoms with Gasteiger partial charge in [-0.3, -0.25) is 0 Å². The number of hydrogen-bond donors (Lipinski definition) is 1. The zero-order valence-corrected chi connectivity index (χ0v) is 10.3. The zero-order chi connectivity index (χ0) is 10.1. The first kappa shape index (κ1) is 11.0. The Morgan fingerprint density at radius 2 is 2.00 bits per heavy atom. The van der Waals surface area contributed by atoms with E-state index in [-0.39, 0.29) is 6.10 Å². The second-order valence-electron chi connectivity index (χ2n) is 5.41. The van der Waals surface area contributed by atoms with Gasteiger partial charge in [0.05, 0.1) is 14.2 Å². The Kier molecular flexibility index (Phi) is 3.36. The Labute approximate surface area is 82.9 Å². The monoisotopic (exact) mass is 198 g/mol. The molecular weight excluding hydrogens is 176 g/mol. The SMILES string of the molecule is C[C@H]1C[C@@H](O)CC/C1=C\[Si](C)(C)C. The van der Waals surface area contributed by atoms with E-state index in [2.05, 4.69) is 32.3 Å². The van der Waals surface area contributed by atoms with Crippen molar-refractivity contribution in [3.63, 3.8) is 0 Å². The van der Waals surface area contributed by atoms with Crippen LogP contribution in [0.2, 0.25) is 19.6 Å². The van der Waals surface area contributed by atoms with E-state index in [1.165, 1.54) is 0 Å². The molecule has 76 valence electrons. The molecule has 0 radical (unpaired) electrons. The van der Waals surface area contributed by atoms with E-state index in [0.29, 0.717) is 5.92 Å². The fourth-order valence-corrected chi connectivity index (χ4v) is 3.57. The molecule has 0 aliphatic heterocycles. The maximum Gasteiger partial charge on any atom is 0.0686 e. The van der Waals surface area contributed by atoms with Crippen molar-refractivity contribution in [2.24, 2.45) is 5.92 Å². The van der Waals surface area contributed by atoms with Crippen molar-refractivity contribution in [2.45, 2.75) is 51.9 Å². The van der Waals surface area contributed by atoms with Crippen molar-refractivity contribution in [1.29, 1.82) is 0 Å². The van der Waals surface area contributed by atoms with E-state index in [9.17, 15) is 5.11 Å². The van der Waals surface area contributed by atoms with Crippen LogP contribution in [0.4, 0.5) is 0 Å². The molecule has 1 rings (SSSR count). The van der Waals surface area contributed by atoms with Gasteiger partial charge in [-0.1, -0.05) is 37.8 Å². The van der Waals surface area contributed by atoms with Gasteiger partial charge in [0.15, 0.2) is 0 Å². The predicted molar refractivity (Wildman–Crippen MR) is 60.5 cm³/mol. The first-order chi connectivity index (χ1) is 5.88. The van der Waals surface area contributed by atoms with Gasteiger partial charge in [-0.25, -0.2) is 0 Å². The Hall–Kier alpha value is -0.0831. The van der Waals surface area contributed by atoms with E-state index in [1.807, 2.05) is 0 Å². The van der Waals surface area contributed by atoms with Gasteiger partial charge in [-0.15, -0.1) is 0 Å². The highest BCUT2D eigenvalue weighted by molar-refractivity contribution is 6.81. The molecule has 0 amide bonds. The predicted octanol–water partition coefficient (Wildman–Crippen LogP) is 2.97. The number of aliphatic hydroxyl groups excluding tert-OH is 1. The Morgan fingerprint density at radius 1 is 1.38 bits per heavy atom. The van der Waals surface area contributed by atoms with Gasteiger partial charge >= 0.3 is 0 Å². The molecule has 0 heterocycles. The fourth-order valence-electron chi connectivity index (χ4n) is 2.03. The van der Waals surface area contributed by atoms with Crippen molar-refractivity contribution < 1.29 is 5.11 Å². The first-order valence-electron chi connectivity index (χ1n) is 5.28. The molecule has 1 saturated carbocycles. The molecule has 0 aromatic carbocycles. The van der Waals surface area contributed by atoms with Crippen LogP contribution in [0.1, 0.15) is 26.2 Å². The molecule has 1 aliphatic rings. The molecule has 1 aliphatic carbocycles. The highest BCUT2D eigenvalue weighted by Gasteiger charge is 2.22. The van der Waals surface area contributed by atoms with Crippen LogP contribution >= 0.6 is 0 Å². The summed E-state index contributed by atoms with van der Waals surface area (Å²) >= 11 is 0. The summed E-state index contributed by atoms with van der Waals surface area (Å²) in [5.74, 6) is 0.607. The molecule has 2 atom stereocenters. The summed E-state index contributed by atoms with van der Waals surface area (Å²) in [5, 5.41) is 9.48. The Bertz CT molecular complexity index is 203. The first-order valence-corrected chi connectivity index (χ1v) is 8.86. The number of aliphatic hydroxyl groups is 1. The summed E-state index contributed by atoms with van der Waals surface area (Å²) in [6.07, 6.45) is 3.01. The van der Waals surface area contributed by atoms with Gasteiger partial charge in [0.25, 0.3) is 0 Å². The number of allylic oxidation sites excluding steroid dienone is 1. The van der Waals surface area contributed by atoms with Crippen molar-refractivity contribution in [1.82, 2.24) is 0 Å². The Morgan fingerprint density at radius 3 is 2.46 bits per heavy atom. The molecule has 1 nitrogen and oxygen atoms in total. The normalized spacial score (nSPS) is 33.8. The summed E-state index contributed by atoms with van der Waals surface area (Å²) in [4.78, 5) is 0. The maximum atomic E-state index is 9.48. The molecular formula is C11H22OSi. The lowest BCUT2D eigenvalue weighted by molar-refractivity contribution is 0.126. The number of hydrogen-bond acceptors (Lipinski definition) is 1. The highest BCUT2D eigenvalue weighted by Crippen LogP contribution is 2.30. The summed E-state index contributed by atoms with van der Waals surface area (Å²) in [6.45, 7) is 9.36. The summed E-state index contributed by atoms with van der Waals surface area (Å²) in [6, 6.07) is 0. The number of rotatable bonds is 1. The van der Waals surface area contributed by atoms with E-state index in [0.717, 1.165) is 19.3 Å². The lowest BCUT2D eigenvalue weighted by Gasteiger charge is -2.28.